The van der Waals surface area contributed by atoms with E-state index in [0.29, 0.717) is 45.7 Å². The second-order valence-electron chi connectivity index (χ2n) is 23.6. The average molecular weight is 1240 g/mol. The zero-order chi connectivity index (χ0) is 66.2. The molecule has 0 aliphatic carbocycles. The van der Waals surface area contributed by atoms with E-state index >= 15 is 0 Å². The number of hydrogen-bond acceptors (Lipinski definition) is 9. The average Bonchev–Trinajstić information content (AvgIpc) is 3.54. The summed E-state index contributed by atoms with van der Waals surface area (Å²) in [5, 5.41) is 25.6. The number of carbonyl (C=O) groups excluding carboxylic acids is 3. The van der Waals surface area contributed by atoms with E-state index in [1.54, 1.807) is 0 Å². The third-order valence-corrected chi connectivity index (χ3v) is 15.1. The molecule has 0 aromatic heterocycles. The fraction of sp³-hybridized carbons (Fsp3) is 0.810. The highest BCUT2D eigenvalue weighted by Crippen LogP contribution is 2.14. The van der Waals surface area contributed by atoms with Gasteiger partial charge < -0.3 is 29.5 Å². The van der Waals surface area contributed by atoms with Crippen LogP contribution < -0.4 is 0 Å². The molecule has 88 heavy (non-hydrogen) atoms. The number of esters is 3. The molecule has 0 bridgehead atoms. The van der Waals surface area contributed by atoms with Gasteiger partial charge in [-0.3, -0.25) is 14.4 Å². The number of allylic oxidation sites excluding steroid dienone is 6. The first-order chi connectivity index (χ1) is 43.2. The van der Waals surface area contributed by atoms with Crippen molar-refractivity contribution in [1.29, 1.82) is 0 Å². The summed E-state index contributed by atoms with van der Waals surface area (Å²) in [6.45, 7) is 22.7. The lowest BCUT2D eigenvalue weighted by Crippen LogP contribution is -2.05. The summed E-state index contributed by atoms with van der Waals surface area (Å²) in [6.07, 6.45) is 77.9. The molecule has 0 amide bonds. The highest BCUT2D eigenvalue weighted by atomic mass is 16.5. The van der Waals surface area contributed by atoms with Crippen LogP contribution in [0.15, 0.2) is 74.2 Å². The van der Waals surface area contributed by atoms with Crippen LogP contribution in [0.1, 0.15) is 374 Å². The van der Waals surface area contributed by atoms with E-state index in [9.17, 15) is 14.4 Å². The van der Waals surface area contributed by atoms with Gasteiger partial charge >= 0.3 is 17.9 Å². The van der Waals surface area contributed by atoms with Gasteiger partial charge in [0.2, 0.25) is 0 Å². The van der Waals surface area contributed by atoms with Crippen LogP contribution in [0.25, 0.3) is 0 Å². The second kappa shape index (κ2) is 99.7. The fourth-order valence-corrected chi connectivity index (χ4v) is 9.39. The van der Waals surface area contributed by atoms with E-state index in [4.69, 9.17) is 20.1 Å². The third-order valence-electron chi connectivity index (χ3n) is 15.1. The molecule has 9 heteroatoms. The molecule has 0 atom stereocenters. The van der Waals surface area contributed by atoms with Gasteiger partial charge in [-0.05, 0) is 128 Å². The van der Waals surface area contributed by atoms with E-state index in [2.05, 4.69) is 80.2 Å². The van der Waals surface area contributed by atoms with Crippen molar-refractivity contribution < 1.29 is 43.9 Å². The van der Waals surface area contributed by atoms with Gasteiger partial charge in [-0.15, -0.1) is 24.6 Å². The molecule has 0 aliphatic heterocycles. The quantitative estimate of drug-likeness (QED) is 0.0179. The zero-order valence-corrected chi connectivity index (χ0v) is 59.3. The van der Waals surface area contributed by atoms with Crippen LogP contribution in [0.2, 0.25) is 0 Å². The Morgan fingerprint density at radius 3 is 0.864 bits per heavy atom. The maximum atomic E-state index is 11.6. The van der Waals surface area contributed by atoms with Crippen molar-refractivity contribution >= 4 is 17.9 Å². The summed E-state index contributed by atoms with van der Waals surface area (Å²) in [7, 11) is 2.89. The largest absolute Gasteiger partial charge is 0.469 e. The van der Waals surface area contributed by atoms with Crippen molar-refractivity contribution in [3.05, 3.63) is 74.2 Å². The molecular weight excluding hydrogens is 1090 g/mol. The Hall–Kier alpha value is -3.45. The molecule has 0 fully saturated rings. The molecule has 0 radical (unpaired) electrons. The Labute approximate surface area is 548 Å². The lowest BCUT2D eigenvalue weighted by Gasteiger charge is -2.05. The fourth-order valence-electron chi connectivity index (χ4n) is 9.39. The molecule has 0 saturated heterocycles. The van der Waals surface area contributed by atoms with Gasteiger partial charge in [-0.25, -0.2) is 0 Å². The Kier molecular flexibility index (Phi) is 108. The van der Waals surface area contributed by atoms with Crippen molar-refractivity contribution in [3.63, 3.8) is 0 Å². The number of methoxy groups -OCH3 is 2. The van der Waals surface area contributed by atoms with Gasteiger partial charge in [0.05, 0.1) is 20.8 Å². The second-order valence-corrected chi connectivity index (χ2v) is 23.6. The first-order valence-corrected chi connectivity index (χ1v) is 36.8. The van der Waals surface area contributed by atoms with Crippen LogP contribution in [-0.4, -0.2) is 73.9 Å². The summed E-state index contributed by atoms with van der Waals surface area (Å²) in [5.41, 5.74) is 5.59. The Balaban J connectivity index is -0.000000235. The third kappa shape index (κ3) is 113. The van der Waals surface area contributed by atoms with Gasteiger partial charge in [0.15, 0.2) is 0 Å². The van der Waals surface area contributed by atoms with Gasteiger partial charge in [0, 0.05) is 39.1 Å². The van der Waals surface area contributed by atoms with E-state index in [1.165, 1.54) is 258 Å². The molecule has 520 valence electrons. The number of aliphatic hydroxyl groups is 3. The van der Waals surface area contributed by atoms with Crippen molar-refractivity contribution in [2.24, 2.45) is 0 Å². The summed E-state index contributed by atoms with van der Waals surface area (Å²) in [6, 6.07) is 0. The molecule has 0 aromatic rings. The minimum atomic E-state index is -0.0864. The molecule has 0 aromatic carbocycles. The SMILES string of the molecule is C/C=C/CCCCCCCCO.C=C=CCCCCCCCCOC(=O)CCCCCCCC=C=C.C=CCCCCCCCCC(=O)OC.C=CCCCCCCCCCO.CCCCCCCCCCC(=O)OC.CCCCCCCCCCCO. The number of aliphatic hydroxyl groups excluding tert-OH is 3. The van der Waals surface area contributed by atoms with Crippen molar-refractivity contribution in [1.82, 2.24) is 0 Å². The predicted molar refractivity (Wildman–Crippen MR) is 384 cm³/mol. The number of carbonyl (C=O) groups is 3. The first kappa shape index (κ1) is 95.7. The summed E-state index contributed by atoms with van der Waals surface area (Å²) in [5.74, 6) is -0.187. The standard InChI is InChI=1S/C22H36O2.C12H24O2.C12H22O2.C11H24O.2C11H22O/c1-3-5-7-9-11-13-15-17-19-21-24-22(23)20-18-16-14-12-10-8-6-4-2;2*1-3-4-5-6-7-8-9-10-11-12(13)14-2;3*1-2-3-4-5-6-7-8-9-10-11-12/h5-6H,1-2,7-21H2;3-11H2,1-2H3;3H,1,4-11H2,2H3;12H,2-11H2,1H3;2-3,12H,4-11H2,1H3;2,12H,1,3-11H2/b;;;;3-2+;. The van der Waals surface area contributed by atoms with E-state index in [1.807, 2.05) is 24.3 Å². The van der Waals surface area contributed by atoms with E-state index < -0.39 is 0 Å². The maximum absolute atomic E-state index is 11.6. The van der Waals surface area contributed by atoms with Crippen molar-refractivity contribution in [2.45, 2.75) is 374 Å². The van der Waals surface area contributed by atoms with Gasteiger partial charge in [-0.1, -0.05) is 276 Å². The minimum absolute atomic E-state index is 0.0270. The van der Waals surface area contributed by atoms with Crippen LogP contribution in [0.3, 0.4) is 0 Å². The van der Waals surface area contributed by atoms with Crippen LogP contribution >= 0.6 is 0 Å². The topological polar surface area (TPSA) is 140 Å². The monoisotopic (exact) mass is 1240 g/mol. The summed E-state index contributed by atoms with van der Waals surface area (Å²) < 4.78 is 14.4. The molecule has 0 heterocycles. The zero-order valence-electron chi connectivity index (χ0n) is 59.3. The number of ether oxygens (including phenoxy) is 3. The molecule has 0 unspecified atom stereocenters. The predicted octanol–water partition coefficient (Wildman–Crippen LogP) is 23.9. The summed E-state index contributed by atoms with van der Waals surface area (Å²) >= 11 is 0. The molecule has 0 saturated carbocycles. The first-order valence-electron chi connectivity index (χ1n) is 36.8. The number of rotatable bonds is 61. The molecule has 0 rings (SSSR count). The van der Waals surface area contributed by atoms with Crippen LogP contribution in [0.4, 0.5) is 0 Å². The molecular formula is C79H150O9. The number of unbranched alkanes of at least 4 members (excludes halogenated alkanes) is 45. The molecule has 0 aliphatic rings. The molecule has 3 N–H and O–H groups in total. The molecule has 0 spiro atoms. The van der Waals surface area contributed by atoms with E-state index in [0.717, 1.165) is 89.9 Å². The van der Waals surface area contributed by atoms with Crippen molar-refractivity contribution in [3.8, 4) is 0 Å². The van der Waals surface area contributed by atoms with Crippen LogP contribution in [0, 0.1) is 0 Å². The highest BCUT2D eigenvalue weighted by Gasteiger charge is 2.04. The van der Waals surface area contributed by atoms with Crippen molar-refractivity contribution in [2.75, 3.05) is 40.6 Å². The van der Waals surface area contributed by atoms with Gasteiger partial charge in [0.25, 0.3) is 0 Å². The lowest BCUT2D eigenvalue weighted by molar-refractivity contribution is -0.144. The Bertz CT molecular complexity index is 1430. The molecule has 9 nitrogen and oxygen atoms in total. The van der Waals surface area contributed by atoms with Gasteiger partial charge in [0.1, 0.15) is 0 Å². The normalized spacial score (nSPS) is 10.2. The minimum Gasteiger partial charge on any atom is -0.469 e. The lowest BCUT2D eigenvalue weighted by atomic mass is 10.1. The Morgan fingerprint density at radius 1 is 0.341 bits per heavy atom. The highest BCUT2D eigenvalue weighted by molar-refractivity contribution is 5.69. The van der Waals surface area contributed by atoms with Gasteiger partial charge in [-0.2, -0.15) is 0 Å². The number of hydrogen-bond donors (Lipinski definition) is 3. The Morgan fingerprint density at radius 2 is 0.591 bits per heavy atom. The smallest absolute Gasteiger partial charge is 0.305 e. The maximum Gasteiger partial charge on any atom is 0.305 e. The van der Waals surface area contributed by atoms with E-state index in [-0.39, 0.29) is 17.9 Å². The van der Waals surface area contributed by atoms with Crippen LogP contribution in [-0.2, 0) is 28.6 Å². The van der Waals surface area contributed by atoms with Crippen LogP contribution in [0.5, 0.6) is 0 Å². The summed E-state index contributed by atoms with van der Waals surface area (Å²) in [4.78, 5) is 33.1.